The normalized spacial score (nSPS) is 18.2. The third-order valence-corrected chi connectivity index (χ3v) is 5.00. The molecule has 2 aliphatic heterocycles. The number of amides is 1. The van der Waals surface area contributed by atoms with Crippen LogP contribution in [0.5, 0.6) is 0 Å². The van der Waals surface area contributed by atoms with E-state index in [-0.39, 0.29) is 11.5 Å². The molecule has 0 saturated carbocycles. The minimum absolute atomic E-state index is 0.0195. The molecule has 128 valence electrons. The second kappa shape index (κ2) is 5.67. The van der Waals surface area contributed by atoms with Crippen molar-refractivity contribution in [3.05, 3.63) is 52.3 Å². The van der Waals surface area contributed by atoms with Gasteiger partial charge in [0.2, 0.25) is 0 Å². The van der Waals surface area contributed by atoms with Gasteiger partial charge in [-0.05, 0) is 66.4 Å². The predicted molar refractivity (Wildman–Crippen MR) is 93.6 cm³/mol. The molecule has 2 heterocycles. The van der Waals surface area contributed by atoms with Crippen molar-refractivity contribution in [3.8, 4) is 11.1 Å². The second-order valence-electron chi connectivity index (χ2n) is 6.66. The van der Waals surface area contributed by atoms with E-state index < -0.39 is 5.91 Å². The van der Waals surface area contributed by atoms with E-state index in [1.54, 1.807) is 13.0 Å². The molecule has 2 aromatic rings. The molecular formula is C19H18FN3O2. The van der Waals surface area contributed by atoms with Crippen molar-refractivity contribution in [2.24, 2.45) is 5.16 Å². The molecule has 2 N–H and O–H groups in total. The molecule has 0 aromatic heterocycles. The lowest BCUT2D eigenvalue weighted by Gasteiger charge is -2.29. The fourth-order valence-corrected chi connectivity index (χ4v) is 3.68. The van der Waals surface area contributed by atoms with Crippen molar-refractivity contribution in [2.45, 2.75) is 19.9 Å². The standard InChI is InChI=1S/C19H18FN3O2/c1-10-7-11(3-4-16(10)20)13-8-14-17(21-19(24)18(14)22-25)15-9-23(2)6-5-12(13)15/h3-4,7-8,25H,5-6,9H2,1-2H3,(H,21,22,24). The van der Waals surface area contributed by atoms with Gasteiger partial charge in [0.25, 0.3) is 5.91 Å². The monoisotopic (exact) mass is 339 g/mol. The summed E-state index contributed by atoms with van der Waals surface area (Å²) >= 11 is 0. The number of nitrogens with one attached hydrogen (secondary N) is 1. The van der Waals surface area contributed by atoms with Crippen LogP contribution >= 0.6 is 0 Å². The molecule has 0 spiro atoms. The molecule has 0 unspecified atom stereocenters. The molecule has 25 heavy (non-hydrogen) atoms. The number of hydrogen-bond acceptors (Lipinski definition) is 4. The molecule has 0 aliphatic carbocycles. The quantitative estimate of drug-likeness (QED) is 0.620. The predicted octanol–water partition coefficient (Wildman–Crippen LogP) is 2.92. The van der Waals surface area contributed by atoms with Crippen molar-refractivity contribution in [2.75, 3.05) is 18.9 Å². The van der Waals surface area contributed by atoms with Gasteiger partial charge in [0.1, 0.15) is 5.82 Å². The zero-order valence-corrected chi connectivity index (χ0v) is 14.1. The molecule has 2 aliphatic rings. The van der Waals surface area contributed by atoms with Crippen molar-refractivity contribution in [1.29, 1.82) is 0 Å². The summed E-state index contributed by atoms with van der Waals surface area (Å²) in [6, 6.07) is 6.90. The highest BCUT2D eigenvalue weighted by molar-refractivity contribution is 6.54. The Bertz CT molecular complexity index is 937. The maximum absolute atomic E-state index is 13.7. The van der Waals surface area contributed by atoms with Gasteiger partial charge in [-0.2, -0.15) is 0 Å². The molecule has 6 heteroatoms. The average molecular weight is 339 g/mol. The van der Waals surface area contributed by atoms with E-state index in [9.17, 15) is 14.4 Å². The van der Waals surface area contributed by atoms with Crippen molar-refractivity contribution < 1.29 is 14.4 Å². The Hall–Kier alpha value is -2.73. The number of aryl methyl sites for hydroxylation is 1. The van der Waals surface area contributed by atoms with Crippen LogP contribution in [0.15, 0.2) is 29.4 Å². The zero-order valence-electron chi connectivity index (χ0n) is 14.1. The Labute approximate surface area is 144 Å². The largest absolute Gasteiger partial charge is 0.410 e. The minimum atomic E-state index is -0.402. The van der Waals surface area contributed by atoms with E-state index in [1.165, 1.54) is 6.07 Å². The first-order chi connectivity index (χ1) is 12.0. The zero-order chi connectivity index (χ0) is 17.7. The first-order valence-electron chi connectivity index (χ1n) is 8.17. The van der Waals surface area contributed by atoms with E-state index in [0.29, 0.717) is 17.7 Å². The highest BCUT2D eigenvalue weighted by Crippen LogP contribution is 2.40. The number of carbonyl (C=O) groups is 1. The SMILES string of the molecule is Cc1cc(-c2cc3c(c4c2CCN(C)C4)NC(=O)/C3=N/O)ccc1F. The first kappa shape index (κ1) is 15.8. The van der Waals surface area contributed by atoms with Crippen LogP contribution < -0.4 is 5.32 Å². The summed E-state index contributed by atoms with van der Waals surface area (Å²) in [7, 11) is 2.03. The fraction of sp³-hybridized carbons (Fsp3) is 0.263. The number of oxime groups is 1. The fourth-order valence-electron chi connectivity index (χ4n) is 3.68. The van der Waals surface area contributed by atoms with Crippen LogP contribution in [0.1, 0.15) is 22.3 Å². The minimum Gasteiger partial charge on any atom is -0.410 e. The summed E-state index contributed by atoms with van der Waals surface area (Å²) in [6.45, 7) is 3.34. The maximum Gasteiger partial charge on any atom is 0.278 e. The molecule has 5 nitrogen and oxygen atoms in total. The smallest absolute Gasteiger partial charge is 0.278 e. The number of fused-ring (bicyclic) bond motifs is 3. The molecule has 0 saturated heterocycles. The van der Waals surface area contributed by atoms with E-state index >= 15 is 0 Å². The van der Waals surface area contributed by atoms with E-state index in [1.807, 2.05) is 19.2 Å². The second-order valence-corrected chi connectivity index (χ2v) is 6.66. The van der Waals surface area contributed by atoms with E-state index in [2.05, 4.69) is 15.4 Å². The number of halogens is 1. The lowest BCUT2D eigenvalue weighted by molar-refractivity contribution is -0.110. The van der Waals surface area contributed by atoms with Gasteiger partial charge in [0, 0.05) is 18.7 Å². The Kier molecular flexibility index (Phi) is 3.58. The third kappa shape index (κ3) is 2.41. The molecule has 0 atom stereocenters. The van der Waals surface area contributed by atoms with Crippen LogP contribution in [0.25, 0.3) is 11.1 Å². The number of carbonyl (C=O) groups excluding carboxylic acids is 1. The Morgan fingerprint density at radius 2 is 2.04 bits per heavy atom. The maximum atomic E-state index is 13.7. The summed E-state index contributed by atoms with van der Waals surface area (Å²) in [4.78, 5) is 14.3. The third-order valence-electron chi connectivity index (χ3n) is 5.00. The Morgan fingerprint density at radius 1 is 1.24 bits per heavy atom. The summed E-state index contributed by atoms with van der Waals surface area (Å²) in [6.07, 6.45) is 0.840. The number of hydrogen-bond donors (Lipinski definition) is 2. The van der Waals surface area contributed by atoms with E-state index in [4.69, 9.17) is 0 Å². The van der Waals surface area contributed by atoms with Crippen molar-refractivity contribution in [3.63, 3.8) is 0 Å². The molecule has 2 aromatic carbocycles. The number of rotatable bonds is 1. The number of anilines is 1. The van der Waals surface area contributed by atoms with Crippen LogP contribution in [0.4, 0.5) is 10.1 Å². The van der Waals surface area contributed by atoms with Gasteiger partial charge in [-0.1, -0.05) is 11.2 Å². The molecule has 4 rings (SSSR count). The van der Waals surface area contributed by atoms with Crippen LogP contribution in [-0.2, 0) is 17.8 Å². The first-order valence-corrected chi connectivity index (χ1v) is 8.17. The molecule has 0 radical (unpaired) electrons. The summed E-state index contributed by atoms with van der Waals surface area (Å²) in [5.41, 5.74) is 5.97. The van der Waals surface area contributed by atoms with Gasteiger partial charge in [0.15, 0.2) is 5.71 Å². The van der Waals surface area contributed by atoms with Gasteiger partial charge in [0.05, 0.1) is 5.69 Å². The van der Waals surface area contributed by atoms with Gasteiger partial charge < -0.3 is 15.4 Å². The van der Waals surface area contributed by atoms with Crippen LogP contribution in [-0.4, -0.2) is 35.3 Å². The van der Waals surface area contributed by atoms with Crippen molar-refractivity contribution in [1.82, 2.24) is 4.90 Å². The summed E-state index contributed by atoms with van der Waals surface area (Å²) in [5.74, 6) is -0.645. The molecule has 0 fully saturated rings. The highest BCUT2D eigenvalue weighted by atomic mass is 19.1. The van der Waals surface area contributed by atoms with Gasteiger partial charge >= 0.3 is 0 Å². The van der Waals surface area contributed by atoms with Crippen LogP contribution in [0.2, 0.25) is 0 Å². The van der Waals surface area contributed by atoms with Gasteiger partial charge in [-0.3, -0.25) is 4.79 Å². The topological polar surface area (TPSA) is 64.9 Å². The molecular weight excluding hydrogens is 321 g/mol. The van der Waals surface area contributed by atoms with Gasteiger partial charge in [-0.25, -0.2) is 4.39 Å². The van der Waals surface area contributed by atoms with Gasteiger partial charge in [-0.15, -0.1) is 0 Å². The lowest BCUT2D eigenvalue weighted by atomic mass is 9.87. The Balaban J connectivity index is 1.99. The summed E-state index contributed by atoms with van der Waals surface area (Å²) < 4.78 is 13.7. The van der Waals surface area contributed by atoms with Crippen molar-refractivity contribution >= 4 is 17.3 Å². The number of likely N-dealkylation sites (N-methyl/N-ethyl adjacent to an activating group) is 1. The molecule has 1 amide bonds. The van der Waals surface area contributed by atoms with Crippen LogP contribution in [0.3, 0.4) is 0 Å². The molecule has 0 bridgehead atoms. The van der Waals surface area contributed by atoms with E-state index in [0.717, 1.165) is 40.9 Å². The Morgan fingerprint density at radius 3 is 2.76 bits per heavy atom. The number of benzene rings is 2. The number of nitrogens with zero attached hydrogens (tertiary/aromatic N) is 2. The lowest BCUT2D eigenvalue weighted by Crippen LogP contribution is -2.27. The summed E-state index contributed by atoms with van der Waals surface area (Å²) in [5, 5.41) is 15.3. The van der Waals surface area contributed by atoms with Crippen LogP contribution in [0, 0.1) is 12.7 Å². The average Bonchev–Trinajstić information content (AvgIpc) is 2.92. The highest BCUT2D eigenvalue weighted by Gasteiger charge is 2.33.